The van der Waals surface area contributed by atoms with Crippen molar-refractivity contribution in [3.63, 3.8) is 0 Å². The van der Waals surface area contributed by atoms with E-state index >= 15 is 0 Å². The first-order chi connectivity index (χ1) is 13.8. The van der Waals surface area contributed by atoms with Crippen LogP contribution in [0.5, 0.6) is 5.75 Å². The fraction of sp³-hybridized carbons (Fsp3) is 0.364. The van der Waals surface area contributed by atoms with Crippen LogP contribution in [0.15, 0.2) is 40.9 Å². The van der Waals surface area contributed by atoms with E-state index in [1.807, 2.05) is 54.8 Å². The van der Waals surface area contributed by atoms with E-state index in [1.165, 1.54) is 0 Å². The highest BCUT2D eigenvalue weighted by Crippen LogP contribution is 2.27. The fourth-order valence-electron chi connectivity index (χ4n) is 3.07. The van der Waals surface area contributed by atoms with Gasteiger partial charge in [0, 0.05) is 35.8 Å². The van der Waals surface area contributed by atoms with Gasteiger partial charge in [-0.2, -0.15) is 11.8 Å². The van der Waals surface area contributed by atoms with E-state index in [9.17, 15) is 9.59 Å². The predicted octanol–water partition coefficient (Wildman–Crippen LogP) is 4.66. The van der Waals surface area contributed by atoms with Crippen LogP contribution in [0, 0.1) is 13.8 Å². The summed E-state index contributed by atoms with van der Waals surface area (Å²) in [7, 11) is 0. The molecule has 7 heteroatoms. The first-order valence-corrected chi connectivity index (χ1v) is 11.5. The van der Waals surface area contributed by atoms with E-state index in [1.54, 1.807) is 19.1 Å². The van der Waals surface area contributed by atoms with Crippen molar-refractivity contribution in [2.75, 3.05) is 29.9 Å². The summed E-state index contributed by atoms with van der Waals surface area (Å²) in [4.78, 5) is 27.1. The Balaban J connectivity index is 1.64. The van der Waals surface area contributed by atoms with Crippen LogP contribution in [0.2, 0.25) is 0 Å². The highest BCUT2D eigenvalue weighted by molar-refractivity contribution is 9.10. The van der Waals surface area contributed by atoms with Crippen LogP contribution >= 0.6 is 27.7 Å². The van der Waals surface area contributed by atoms with Crippen LogP contribution < -0.4 is 10.1 Å². The molecule has 1 N–H and O–H groups in total. The smallest absolute Gasteiger partial charge is 0.265 e. The first kappa shape index (κ1) is 21.7. The Morgan fingerprint density at radius 2 is 1.86 bits per heavy atom. The van der Waals surface area contributed by atoms with Crippen LogP contribution in [0.25, 0.3) is 0 Å². The molecule has 0 radical (unpaired) electrons. The van der Waals surface area contributed by atoms with Crippen molar-refractivity contribution < 1.29 is 14.3 Å². The van der Waals surface area contributed by atoms with Crippen LogP contribution in [0.1, 0.15) is 28.4 Å². The Bertz CT molecular complexity index is 913. The normalized spacial score (nSPS) is 15.0. The minimum atomic E-state index is -0.666. The molecule has 0 spiro atoms. The number of benzene rings is 2. The monoisotopic (exact) mass is 476 g/mol. The average Bonchev–Trinajstić information content (AvgIpc) is 2.71. The maximum absolute atomic E-state index is 12.7. The van der Waals surface area contributed by atoms with Crippen LogP contribution in [-0.4, -0.2) is 47.4 Å². The zero-order valence-electron chi connectivity index (χ0n) is 16.8. The molecule has 1 saturated heterocycles. The Hall–Kier alpha value is -1.99. The third-order valence-electron chi connectivity index (χ3n) is 4.79. The predicted molar refractivity (Wildman–Crippen MR) is 122 cm³/mol. The van der Waals surface area contributed by atoms with E-state index in [0.717, 1.165) is 40.2 Å². The van der Waals surface area contributed by atoms with E-state index in [2.05, 4.69) is 21.2 Å². The highest BCUT2D eigenvalue weighted by atomic mass is 79.9. The van der Waals surface area contributed by atoms with Crippen molar-refractivity contribution in [1.82, 2.24) is 4.90 Å². The molecule has 2 aromatic carbocycles. The summed E-state index contributed by atoms with van der Waals surface area (Å²) in [5, 5.41) is 2.90. The zero-order valence-corrected chi connectivity index (χ0v) is 19.2. The lowest BCUT2D eigenvalue weighted by Gasteiger charge is -2.26. The summed E-state index contributed by atoms with van der Waals surface area (Å²) < 4.78 is 6.61. The molecule has 1 aliphatic rings. The highest BCUT2D eigenvalue weighted by Gasteiger charge is 2.20. The van der Waals surface area contributed by atoms with Gasteiger partial charge in [0.05, 0.1) is 4.47 Å². The molecule has 2 amide bonds. The summed E-state index contributed by atoms with van der Waals surface area (Å²) in [5.74, 6) is 2.39. The number of carbonyl (C=O) groups is 2. The van der Waals surface area contributed by atoms with Gasteiger partial charge in [0.25, 0.3) is 11.8 Å². The topological polar surface area (TPSA) is 58.6 Å². The molecule has 0 bridgehead atoms. The quantitative estimate of drug-likeness (QED) is 0.681. The standard InChI is InChI=1S/C22H25BrN2O3S/c1-14-4-7-20(18(23)12-14)28-16(3)21(26)24-19-6-5-17(13-15(19)2)22(27)25-8-10-29-11-9-25/h4-7,12-13,16H,8-11H2,1-3H3,(H,24,26). The Morgan fingerprint density at radius 3 is 2.52 bits per heavy atom. The molecule has 2 aromatic rings. The molecule has 1 aliphatic heterocycles. The molecule has 1 atom stereocenters. The molecular weight excluding hydrogens is 452 g/mol. The molecular formula is C22H25BrN2O3S. The van der Waals surface area contributed by atoms with Crippen molar-refractivity contribution >= 4 is 45.2 Å². The molecule has 5 nitrogen and oxygen atoms in total. The van der Waals surface area contributed by atoms with Gasteiger partial charge < -0.3 is 15.0 Å². The second-order valence-corrected chi connectivity index (χ2v) is 9.20. The second-order valence-electron chi connectivity index (χ2n) is 7.12. The van der Waals surface area contributed by atoms with Crippen LogP contribution in [-0.2, 0) is 4.79 Å². The van der Waals surface area contributed by atoms with E-state index in [-0.39, 0.29) is 11.8 Å². The number of anilines is 1. The van der Waals surface area contributed by atoms with Gasteiger partial charge in [-0.15, -0.1) is 0 Å². The van der Waals surface area contributed by atoms with Gasteiger partial charge in [-0.05, 0) is 78.2 Å². The van der Waals surface area contributed by atoms with E-state index in [4.69, 9.17) is 4.74 Å². The van der Waals surface area contributed by atoms with E-state index in [0.29, 0.717) is 17.0 Å². The number of nitrogens with zero attached hydrogens (tertiary/aromatic N) is 1. The van der Waals surface area contributed by atoms with Gasteiger partial charge >= 0.3 is 0 Å². The lowest BCUT2D eigenvalue weighted by atomic mass is 10.1. The molecule has 1 unspecified atom stereocenters. The minimum Gasteiger partial charge on any atom is -0.480 e. The lowest BCUT2D eigenvalue weighted by Crippen LogP contribution is -2.37. The number of ether oxygens (including phenoxy) is 1. The molecule has 3 rings (SSSR count). The van der Waals surface area contributed by atoms with Crippen molar-refractivity contribution in [1.29, 1.82) is 0 Å². The third kappa shape index (κ3) is 5.54. The van der Waals surface area contributed by atoms with Gasteiger partial charge in [0.2, 0.25) is 0 Å². The largest absolute Gasteiger partial charge is 0.480 e. The molecule has 0 saturated carbocycles. The summed E-state index contributed by atoms with van der Waals surface area (Å²) in [6, 6.07) is 11.1. The lowest BCUT2D eigenvalue weighted by molar-refractivity contribution is -0.122. The molecule has 29 heavy (non-hydrogen) atoms. The fourth-order valence-corrected chi connectivity index (χ4v) is 4.56. The summed E-state index contributed by atoms with van der Waals surface area (Å²) >= 11 is 5.34. The van der Waals surface area contributed by atoms with Gasteiger partial charge in [-0.3, -0.25) is 9.59 Å². The number of amides is 2. The molecule has 154 valence electrons. The Morgan fingerprint density at radius 1 is 1.14 bits per heavy atom. The molecule has 1 fully saturated rings. The van der Waals surface area contributed by atoms with Crippen molar-refractivity contribution in [2.45, 2.75) is 26.9 Å². The second kappa shape index (κ2) is 9.67. The number of carbonyl (C=O) groups excluding carboxylic acids is 2. The van der Waals surface area contributed by atoms with Crippen molar-refractivity contribution in [2.24, 2.45) is 0 Å². The molecule has 0 aliphatic carbocycles. The van der Waals surface area contributed by atoms with E-state index < -0.39 is 6.10 Å². The molecule has 0 aromatic heterocycles. The van der Waals surface area contributed by atoms with Gasteiger partial charge in [-0.1, -0.05) is 6.07 Å². The van der Waals surface area contributed by atoms with Crippen molar-refractivity contribution in [3.8, 4) is 5.75 Å². The SMILES string of the molecule is Cc1ccc(OC(C)C(=O)Nc2ccc(C(=O)N3CCSCC3)cc2C)c(Br)c1. The van der Waals surface area contributed by atoms with Gasteiger partial charge in [0.1, 0.15) is 5.75 Å². The summed E-state index contributed by atoms with van der Waals surface area (Å²) in [6.45, 7) is 7.16. The van der Waals surface area contributed by atoms with Gasteiger partial charge in [-0.25, -0.2) is 0 Å². The number of thioether (sulfide) groups is 1. The maximum atomic E-state index is 12.7. The Kier molecular flexibility index (Phi) is 7.24. The third-order valence-corrected chi connectivity index (χ3v) is 6.35. The number of hydrogen-bond acceptors (Lipinski definition) is 4. The first-order valence-electron chi connectivity index (χ1n) is 9.56. The van der Waals surface area contributed by atoms with Crippen molar-refractivity contribution in [3.05, 3.63) is 57.6 Å². The number of halogens is 1. The van der Waals surface area contributed by atoms with Crippen LogP contribution in [0.4, 0.5) is 5.69 Å². The summed E-state index contributed by atoms with van der Waals surface area (Å²) in [6.07, 6.45) is -0.666. The zero-order chi connectivity index (χ0) is 21.0. The Labute approximate surface area is 184 Å². The maximum Gasteiger partial charge on any atom is 0.265 e. The minimum absolute atomic E-state index is 0.0483. The summed E-state index contributed by atoms with van der Waals surface area (Å²) in [5.41, 5.74) is 3.29. The number of rotatable bonds is 5. The average molecular weight is 477 g/mol. The number of aryl methyl sites for hydroxylation is 2. The number of nitrogens with one attached hydrogen (secondary N) is 1. The number of hydrogen-bond donors (Lipinski definition) is 1. The van der Waals surface area contributed by atoms with Gasteiger partial charge in [0.15, 0.2) is 6.10 Å². The van der Waals surface area contributed by atoms with Crippen LogP contribution in [0.3, 0.4) is 0 Å². The molecule has 1 heterocycles.